The zero-order chi connectivity index (χ0) is 24.7. The fraction of sp³-hybridized carbons (Fsp3) is 0.318. The molecule has 0 spiro atoms. The van der Waals surface area contributed by atoms with Crippen LogP contribution >= 0.6 is 0 Å². The van der Waals surface area contributed by atoms with E-state index in [0.717, 1.165) is 0 Å². The van der Waals surface area contributed by atoms with Crippen molar-refractivity contribution in [1.29, 1.82) is 0 Å². The number of nitrogens with zero attached hydrogens (tertiary/aromatic N) is 1. The first-order valence-corrected chi connectivity index (χ1v) is 12.0. The number of rotatable bonds is 8. The number of carbonyl (C=O) groups is 3. The van der Waals surface area contributed by atoms with Gasteiger partial charge < -0.3 is 19.5 Å². The second-order valence-electron chi connectivity index (χ2n) is 7.05. The summed E-state index contributed by atoms with van der Waals surface area (Å²) in [6, 6.07) is 9.15. The summed E-state index contributed by atoms with van der Waals surface area (Å²) in [4.78, 5) is 36.2. The van der Waals surface area contributed by atoms with Gasteiger partial charge in [0.15, 0.2) is 18.1 Å². The summed E-state index contributed by atoms with van der Waals surface area (Å²) in [5, 5.41) is 4.52. The Hall–Kier alpha value is -3.64. The van der Waals surface area contributed by atoms with Gasteiger partial charge in [0.1, 0.15) is 13.2 Å². The summed E-state index contributed by atoms with van der Waals surface area (Å²) in [7, 11) is -3.66. The maximum absolute atomic E-state index is 12.5. The Labute approximate surface area is 197 Å². The number of benzene rings is 2. The third kappa shape index (κ3) is 6.02. The van der Waals surface area contributed by atoms with Gasteiger partial charge in [0, 0.05) is 24.8 Å². The lowest BCUT2D eigenvalue weighted by atomic mass is 10.2. The molecule has 0 fully saturated rings. The van der Waals surface area contributed by atoms with E-state index in [4.69, 9.17) is 14.2 Å². The van der Waals surface area contributed by atoms with Crippen LogP contribution in [0.2, 0.25) is 0 Å². The van der Waals surface area contributed by atoms with Gasteiger partial charge in [0.2, 0.25) is 10.0 Å². The first kappa shape index (κ1) is 25.0. The first-order valence-electron chi connectivity index (χ1n) is 10.5. The molecule has 182 valence electrons. The quantitative estimate of drug-likeness (QED) is 0.534. The van der Waals surface area contributed by atoms with Gasteiger partial charge in [-0.1, -0.05) is 13.8 Å². The van der Waals surface area contributed by atoms with Crippen LogP contribution in [0.15, 0.2) is 47.4 Å². The normalized spacial score (nSPS) is 12.7. The van der Waals surface area contributed by atoms with Crippen molar-refractivity contribution in [3.63, 3.8) is 0 Å². The van der Waals surface area contributed by atoms with Crippen molar-refractivity contribution in [1.82, 2.24) is 9.62 Å². The monoisotopic (exact) mass is 491 g/mol. The van der Waals surface area contributed by atoms with Crippen LogP contribution in [0.5, 0.6) is 11.5 Å². The molecule has 2 aromatic carbocycles. The van der Waals surface area contributed by atoms with Gasteiger partial charge in [-0.3, -0.25) is 10.1 Å². The molecule has 1 aliphatic rings. The molecule has 3 amide bonds. The predicted octanol–water partition coefficient (Wildman–Crippen LogP) is 1.99. The molecule has 11 nitrogen and oxygen atoms in total. The molecular formula is C22H25N3O8S. The zero-order valence-corrected chi connectivity index (χ0v) is 19.5. The summed E-state index contributed by atoms with van der Waals surface area (Å²) < 4.78 is 42.0. The van der Waals surface area contributed by atoms with Crippen LogP contribution in [0, 0.1) is 0 Å². The van der Waals surface area contributed by atoms with Crippen molar-refractivity contribution in [2.75, 3.05) is 38.2 Å². The number of hydrogen-bond acceptors (Lipinski definition) is 8. The van der Waals surface area contributed by atoms with E-state index >= 15 is 0 Å². The van der Waals surface area contributed by atoms with Crippen LogP contribution in [-0.2, 0) is 19.6 Å². The summed E-state index contributed by atoms with van der Waals surface area (Å²) in [5.74, 6) is -0.655. The molecule has 0 aliphatic carbocycles. The molecule has 0 saturated carbocycles. The average Bonchev–Trinajstić information content (AvgIpc) is 2.83. The topological polar surface area (TPSA) is 140 Å². The molecule has 0 aromatic heterocycles. The van der Waals surface area contributed by atoms with Crippen molar-refractivity contribution < 1.29 is 37.0 Å². The minimum atomic E-state index is -3.66. The number of anilines is 1. The maximum atomic E-state index is 12.5. The van der Waals surface area contributed by atoms with Crippen LogP contribution in [0.25, 0.3) is 0 Å². The molecule has 0 bridgehead atoms. The smallest absolute Gasteiger partial charge is 0.338 e. The van der Waals surface area contributed by atoms with Gasteiger partial charge in [-0.05, 0) is 36.4 Å². The number of esters is 1. The average molecular weight is 492 g/mol. The Morgan fingerprint density at radius 3 is 2.26 bits per heavy atom. The van der Waals surface area contributed by atoms with E-state index in [9.17, 15) is 22.8 Å². The number of urea groups is 1. The molecule has 0 saturated heterocycles. The SMILES string of the molecule is CCN(CC)S(=O)(=O)c1ccc(C(=O)OCC(=O)NC(=O)Nc2ccc3c(c2)OCCO3)cc1. The van der Waals surface area contributed by atoms with Crippen LogP contribution in [0.4, 0.5) is 10.5 Å². The Bertz CT molecular complexity index is 1160. The predicted molar refractivity (Wildman–Crippen MR) is 121 cm³/mol. The number of sulfonamides is 1. The second-order valence-corrected chi connectivity index (χ2v) is 8.99. The highest BCUT2D eigenvalue weighted by Gasteiger charge is 2.22. The molecule has 0 atom stereocenters. The summed E-state index contributed by atoms with van der Waals surface area (Å²) >= 11 is 0. The van der Waals surface area contributed by atoms with Crippen LogP contribution < -0.4 is 20.1 Å². The van der Waals surface area contributed by atoms with E-state index in [2.05, 4.69) is 5.32 Å². The van der Waals surface area contributed by atoms with Crippen molar-refractivity contribution in [2.24, 2.45) is 0 Å². The lowest BCUT2D eigenvalue weighted by Gasteiger charge is -2.19. The highest BCUT2D eigenvalue weighted by molar-refractivity contribution is 7.89. The largest absolute Gasteiger partial charge is 0.486 e. The fourth-order valence-corrected chi connectivity index (χ4v) is 4.59. The minimum absolute atomic E-state index is 0.0429. The van der Waals surface area contributed by atoms with Gasteiger partial charge in [0.05, 0.1) is 10.5 Å². The first-order chi connectivity index (χ1) is 16.2. The Morgan fingerprint density at radius 2 is 1.62 bits per heavy atom. The Morgan fingerprint density at radius 1 is 0.971 bits per heavy atom. The lowest BCUT2D eigenvalue weighted by molar-refractivity contribution is -0.123. The summed E-state index contributed by atoms with van der Waals surface area (Å²) in [6.07, 6.45) is 0. The van der Waals surface area contributed by atoms with Crippen molar-refractivity contribution in [3.8, 4) is 11.5 Å². The molecule has 2 aromatic rings. The second kappa shape index (κ2) is 11.0. The minimum Gasteiger partial charge on any atom is -0.486 e. The molecule has 2 N–H and O–H groups in total. The molecule has 12 heteroatoms. The number of hydrogen-bond donors (Lipinski definition) is 2. The van der Waals surface area contributed by atoms with Gasteiger partial charge in [0.25, 0.3) is 5.91 Å². The summed E-state index contributed by atoms with van der Waals surface area (Å²) in [5.41, 5.74) is 0.443. The highest BCUT2D eigenvalue weighted by Crippen LogP contribution is 2.32. The molecular weight excluding hydrogens is 466 g/mol. The van der Waals surface area contributed by atoms with E-state index in [0.29, 0.717) is 43.5 Å². The molecule has 0 unspecified atom stereocenters. The highest BCUT2D eigenvalue weighted by atomic mass is 32.2. The number of carbonyl (C=O) groups excluding carboxylic acids is 3. The number of ether oxygens (including phenoxy) is 3. The van der Waals surface area contributed by atoms with Gasteiger partial charge in [-0.25, -0.2) is 18.0 Å². The zero-order valence-electron chi connectivity index (χ0n) is 18.7. The van der Waals surface area contributed by atoms with Crippen LogP contribution in [0.1, 0.15) is 24.2 Å². The van der Waals surface area contributed by atoms with E-state index in [1.165, 1.54) is 28.6 Å². The standard InChI is InChI=1S/C22H25N3O8S/c1-3-25(4-2)34(29,30)17-8-5-15(6-9-17)21(27)33-14-20(26)24-22(28)23-16-7-10-18-19(13-16)32-12-11-31-18/h5-10,13H,3-4,11-12,14H2,1-2H3,(H2,23,24,26,28). The molecule has 1 aliphatic heterocycles. The van der Waals surface area contributed by atoms with Gasteiger partial charge >= 0.3 is 12.0 Å². The lowest BCUT2D eigenvalue weighted by Crippen LogP contribution is -2.37. The number of fused-ring (bicyclic) bond motifs is 1. The van der Waals surface area contributed by atoms with E-state index in [1.807, 2.05) is 5.32 Å². The Balaban J connectivity index is 1.50. The van der Waals surface area contributed by atoms with E-state index < -0.39 is 34.5 Å². The van der Waals surface area contributed by atoms with Crippen molar-refractivity contribution >= 4 is 33.6 Å². The fourth-order valence-electron chi connectivity index (χ4n) is 3.14. The van der Waals surface area contributed by atoms with Crippen molar-refractivity contribution in [3.05, 3.63) is 48.0 Å². The third-order valence-corrected chi connectivity index (χ3v) is 6.88. The van der Waals surface area contributed by atoms with Crippen LogP contribution in [0.3, 0.4) is 0 Å². The molecule has 34 heavy (non-hydrogen) atoms. The van der Waals surface area contributed by atoms with Crippen LogP contribution in [-0.4, -0.2) is 63.5 Å². The number of nitrogens with one attached hydrogen (secondary N) is 2. The van der Waals surface area contributed by atoms with Crippen molar-refractivity contribution in [2.45, 2.75) is 18.7 Å². The Kier molecular flexibility index (Phi) is 8.08. The summed E-state index contributed by atoms with van der Waals surface area (Å²) in [6.45, 7) is 4.23. The number of imide groups is 1. The van der Waals surface area contributed by atoms with Gasteiger partial charge in [-0.2, -0.15) is 4.31 Å². The van der Waals surface area contributed by atoms with E-state index in [-0.39, 0.29) is 10.5 Å². The molecule has 1 heterocycles. The maximum Gasteiger partial charge on any atom is 0.338 e. The van der Waals surface area contributed by atoms with E-state index in [1.54, 1.807) is 32.0 Å². The third-order valence-electron chi connectivity index (χ3n) is 4.82. The molecule has 3 rings (SSSR count). The van der Waals surface area contributed by atoms with Gasteiger partial charge in [-0.15, -0.1) is 0 Å². The molecule has 0 radical (unpaired) electrons. The number of amides is 3.